The molecular formula is C30H39F3NO9P. The highest BCUT2D eigenvalue weighted by molar-refractivity contribution is 7.55. The van der Waals surface area contributed by atoms with Crippen molar-refractivity contribution < 1.29 is 55.4 Å². The summed E-state index contributed by atoms with van der Waals surface area (Å²) in [5.74, 6) is -1.71. The van der Waals surface area contributed by atoms with Crippen LogP contribution < -0.4 is 5.32 Å². The lowest BCUT2D eigenvalue weighted by Crippen LogP contribution is -2.59. The first-order chi connectivity index (χ1) is 20.8. The molecular weight excluding hydrogens is 606 g/mol. The number of carbonyl (C=O) groups excluding carboxylic acids is 3. The first kappa shape index (κ1) is 36.8. The molecule has 0 aliphatic carbocycles. The zero-order valence-electron chi connectivity index (χ0n) is 25.5. The number of nitrogens with one attached hydrogen (secondary N) is 1. The van der Waals surface area contributed by atoms with Crippen LogP contribution in [0.25, 0.3) is 0 Å². The number of carbonyl (C=O) groups is 3. The number of alkyl carbamates (subject to hydrolysis) is 1. The molecule has 0 bridgehead atoms. The molecule has 0 fully saturated rings. The third kappa shape index (κ3) is 8.83. The zero-order valence-corrected chi connectivity index (χ0v) is 26.3. The molecule has 0 saturated carbocycles. The molecule has 44 heavy (non-hydrogen) atoms. The van der Waals surface area contributed by atoms with Gasteiger partial charge in [-0.2, -0.15) is 13.2 Å². The molecule has 14 heteroatoms. The second-order valence-electron chi connectivity index (χ2n) is 9.64. The fourth-order valence-corrected chi connectivity index (χ4v) is 6.70. The molecule has 1 N–H and O–H groups in total. The highest BCUT2D eigenvalue weighted by Crippen LogP contribution is 2.66. The number of hydrogen-bond donors (Lipinski definition) is 1. The van der Waals surface area contributed by atoms with Gasteiger partial charge in [0.25, 0.3) is 0 Å². The fourth-order valence-electron chi connectivity index (χ4n) is 4.58. The zero-order chi connectivity index (χ0) is 33.0. The standard InChI is InChI=1S/C30H39F3NO9P/c1-6-9-15-23-18-22(19-24(26(35)39-4)25(23)27(36)40-5)16-17-29(30(31,32)33,44(38,42-7-2)43-8-3)34-28(37)41-20-21-13-11-10-12-14-21/h10-14,18-19H,6-9,15-17,20H2,1-5H3,(H,34,37). The van der Waals surface area contributed by atoms with Crippen LogP contribution in [0.3, 0.4) is 0 Å². The van der Waals surface area contributed by atoms with Crippen molar-refractivity contribution in [1.82, 2.24) is 5.32 Å². The summed E-state index contributed by atoms with van der Waals surface area (Å²) in [7, 11) is -2.93. The summed E-state index contributed by atoms with van der Waals surface area (Å²) in [4.78, 5) is 38.2. The molecule has 1 amide bonds. The van der Waals surface area contributed by atoms with Crippen LogP contribution in [0.15, 0.2) is 42.5 Å². The van der Waals surface area contributed by atoms with Gasteiger partial charge in [0.15, 0.2) is 0 Å². The van der Waals surface area contributed by atoms with E-state index in [-0.39, 0.29) is 23.3 Å². The van der Waals surface area contributed by atoms with E-state index in [1.54, 1.807) is 35.6 Å². The molecule has 0 radical (unpaired) electrons. The van der Waals surface area contributed by atoms with E-state index in [0.717, 1.165) is 20.6 Å². The first-order valence-electron chi connectivity index (χ1n) is 14.1. The van der Waals surface area contributed by atoms with Crippen LogP contribution in [-0.4, -0.2) is 56.9 Å². The predicted molar refractivity (Wildman–Crippen MR) is 155 cm³/mol. The monoisotopic (exact) mass is 645 g/mol. The van der Waals surface area contributed by atoms with Gasteiger partial charge in [-0.3, -0.25) is 9.88 Å². The summed E-state index contributed by atoms with van der Waals surface area (Å²) in [6.07, 6.45) is -6.74. The van der Waals surface area contributed by atoms with Crippen molar-refractivity contribution in [3.05, 3.63) is 70.3 Å². The molecule has 2 aromatic carbocycles. The van der Waals surface area contributed by atoms with Gasteiger partial charge >= 0.3 is 31.8 Å². The van der Waals surface area contributed by atoms with Gasteiger partial charge in [0.1, 0.15) is 6.61 Å². The van der Waals surface area contributed by atoms with Crippen LogP contribution >= 0.6 is 7.60 Å². The van der Waals surface area contributed by atoms with Gasteiger partial charge in [-0.25, -0.2) is 14.4 Å². The Morgan fingerprint density at radius 3 is 2.00 bits per heavy atom. The number of aryl methyl sites for hydroxylation is 2. The summed E-state index contributed by atoms with van der Waals surface area (Å²) < 4.78 is 84.4. The van der Waals surface area contributed by atoms with Crippen LogP contribution in [-0.2, 0) is 47.3 Å². The van der Waals surface area contributed by atoms with E-state index in [4.69, 9.17) is 23.3 Å². The molecule has 10 nitrogen and oxygen atoms in total. The molecule has 0 aliphatic heterocycles. The third-order valence-electron chi connectivity index (χ3n) is 6.71. The van der Waals surface area contributed by atoms with Crippen molar-refractivity contribution in [2.75, 3.05) is 27.4 Å². The Morgan fingerprint density at radius 2 is 1.48 bits per heavy atom. The number of rotatable bonds is 16. The Hall–Kier alpha value is -3.41. The number of halogens is 3. The SMILES string of the molecule is CCCCc1cc(CCC(NC(=O)OCc2ccccc2)(C(F)(F)F)P(=O)(OCC)OCC)cc(C(=O)OC)c1C(=O)OC. The van der Waals surface area contributed by atoms with Crippen LogP contribution in [0, 0.1) is 0 Å². The average molecular weight is 646 g/mol. The molecule has 1 unspecified atom stereocenters. The molecule has 0 aromatic heterocycles. The van der Waals surface area contributed by atoms with Gasteiger partial charge in [-0.15, -0.1) is 0 Å². The van der Waals surface area contributed by atoms with Crippen molar-refractivity contribution in [3.63, 3.8) is 0 Å². The first-order valence-corrected chi connectivity index (χ1v) is 15.6. The number of unbranched alkanes of at least 4 members (excludes halogenated alkanes) is 1. The Morgan fingerprint density at radius 1 is 0.864 bits per heavy atom. The topological polar surface area (TPSA) is 126 Å². The van der Waals surface area contributed by atoms with Crippen molar-refractivity contribution >= 4 is 25.6 Å². The molecule has 2 aromatic rings. The number of methoxy groups -OCH3 is 2. The maximum Gasteiger partial charge on any atom is 0.423 e. The minimum absolute atomic E-state index is 0.0597. The van der Waals surface area contributed by atoms with Crippen LogP contribution in [0.1, 0.15) is 77.4 Å². The van der Waals surface area contributed by atoms with Gasteiger partial charge in [0.05, 0.1) is 38.6 Å². The minimum Gasteiger partial charge on any atom is -0.465 e. The van der Waals surface area contributed by atoms with Gasteiger partial charge in [-0.1, -0.05) is 49.7 Å². The largest absolute Gasteiger partial charge is 0.465 e. The predicted octanol–water partition coefficient (Wildman–Crippen LogP) is 6.99. The van der Waals surface area contributed by atoms with E-state index < -0.39 is 63.1 Å². The molecule has 2 rings (SSSR count). The number of hydrogen-bond acceptors (Lipinski definition) is 9. The van der Waals surface area contributed by atoms with E-state index in [1.165, 1.54) is 26.0 Å². The smallest absolute Gasteiger partial charge is 0.423 e. The van der Waals surface area contributed by atoms with Crippen LogP contribution in [0.2, 0.25) is 0 Å². The lowest BCUT2D eigenvalue weighted by molar-refractivity contribution is -0.176. The number of ether oxygens (including phenoxy) is 3. The second kappa shape index (κ2) is 16.6. The molecule has 0 heterocycles. The maximum absolute atomic E-state index is 15.1. The summed E-state index contributed by atoms with van der Waals surface area (Å²) in [5, 5.41) is -1.75. The maximum atomic E-state index is 15.1. The summed E-state index contributed by atoms with van der Waals surface area (Å²) in [6.45, 7) is 3.40. The molecule has 1 atom stereocenters. The minimum atomic E-state index is -5.36. The van der Waals surface area contributed by atoms with E-state index in [2.05, 4.69) is 0 Å². The average Bonchev–Trinajstić information content (AvgIpc) is 2.99. The highest BCUT2D eigenvalue weighted by Gasteiger charge is 2.69. The fraction of sp³-hybridized carbons (Fsp3) is 0.500. The number of benzene rings is 2. The summed E-state index contributed by atoms with van der Waals surface area (Å²) in [6, 6.07) is 11.0. The lowest BCUT2D eigenvalue weighted by atomic mass is 9.92. The summed E-state index contributed by atoms with van der Waals surface area (Å²) >= 11 is 0. The molecule has 0 spiro atoms. The Kier molecular flexibility index (Phi) is 13.9. The number of alkyl halides is 3. The van der Waals surface area contributed by atoms with Gasteiger partial charge in [-0.05, 0) is 62.3 Å². The van der Waals surface area contributed by atoms with Crippen LogP contribution in [0.5, 0.6) is 0 Å². The van der Waals surface area contributed by atoms with E-state index in [0.29, 0.717) is 24.0 Å². The third-order valence-corrected chi connectivity index (χ3v) is 9.43. The quantitative estimate of drug-likeness (QED) is 0.117. The lowest BCUT2D eigenvalue weighted by Gasteiger charge is -2.40. The Bertz CT molecular complexity index is 1310. The molecule has 244 valence electrons. The highest BCUT2D eigenvalue weighted by atomic mass is 31.2. The number of amides is 1. The van der Waals surface area contributed by atoms with E-state index >= 15 is 13.2 Å². The van der Waals surface area contributed by atoms with Crippen molar-refractivity contribution in [2.45, 2.75) is 70.9 Å². The molecule has 0 saturated heterocycles. The Balaban J connectivity index is 2.65. The van der Waals surface area contributed by atoms with Crippen molar-refractivity contribution in [1.29, 1.82) is 0 Å². The second-order valence-corrected chi connectivity index (χ2v) is 11.9. The van der Waals surface area contributed by atoms with Crippen molar-refractivity contribution in [3.8, 4) is 0 Å². The normalized spacial score (nSPS) is 13.1. The van der Waals surface area contributed by atoms with Gasteiger partial charge in [0.2, 0.25) is 5.28 Å². The van der Waals surface area contributed by atoms with E-state index in [1.807, 2.05) is 6.92 Å². The van der Waals surface area contributed by atoms with Crippen LogP contribution in [0.4, 0.5) is 18.0 Å². The molecule has 0 aliphatic rings. The number of esters is 2. The van der Waals surface area contributed by atoms with Crippen molar-refractivity contribution in [2.24, 2.45) is 0 Å². The van der Waals surface area contributed by atoms with Gasteiger partial charge < -0.3 is 23.3 Å². The van der Waals surface area contributed by atoms with E-state index in [9.17, 15) is 18.9 Å². The Labute approximate surface area is 255 Å². The van der Waals surface area contributed by atoms with Gasteiger partial charge in [0, 0.05) is 0 Å². The summed E-state index contributed by atoms with van der Waals surface area (Å²) in [5.41, 5.74) is 0.793.